The van der Waals surface area contributed by atoms with Gasteiger partial charge in [-0.1, -0.05) is 88.6 Å². The highest BCUT2D eigenvalue weighted by atomic mass is 16.6. The lowest BCUT2D eigenvalue weighted by molar-refractivity contribution is -0.158. The Morgan fingerprint density at radius 1 is 0.917 bits per heavy atom. The number of hydrogen-bond acceptors (Lipinski definition) is 9. The van der Waals surface area contributed by atoms with Crippen LogP contribution in [0.25, 0.3) is 10.9 Å². The van der Waals surface area contributed by atoms with Crippen LogP contribution in [0.1, 0.15) is 117 Å². The number of aromatic nitrogens is 1. The van der Waals surface area contributed by atoms with Crippen LogP contribution in [0.4, 0.5) is 9.59 Å². The Bertz CT molecular complexity index is 2020. The SMILES string of the molecule is CCC(=O)CCCCC[C@H](NC(=O)OCc1ccccc1)C(=O)N1C(=O)[C@H]2CCCCN2C(=O)[C@H]([C@@H](C)CC)NC(=O)[C@@H]1Cc1cn(C(=O)OC(C)(C)C)c2ccccc12. The molecule has 0 unspecified atom stereocenters. The lowest BCUT2D eigenvalue weighted by Crippen LogP contribution is -2.61. The summed E-state index contributed by atoms with van der Waals surface area (Å²) in [5.74, 6) is -2.82. The molecule has 5 atom stereocenters. The fraction of sp³-hybridized carbons (Fsp3) is 0.543. The smallest absolute Gasteiger partial charge is 0.419 e. The van der Waals surface area contributed by atoms with Gasteiger partial charge in [0.2, 0.25) is 11.8 Å². The highest BCUT2D eigenvalue weighted by Crippen LogP contribution is 2.30. The number of fused-ring (bicyclic) bond motifs is 2. The number of carbonyl (C=O) groups is 7. The van der Waals surface area contributed by atoms with Gasteiger partial charge in [-0.2, -0.15) is 0 Å². The summed E-state index contributed by atoms with van der Waals surface area (Å²) in [6.07, 6.45) is 4.38. The molecule has 2 aliphatic heterocycles. The molecule has 2 aliphatic rings. The number of unbranched alkanes of at least 4 members (excludes halogenated alkanes) is 2. The molecule has 14 heteroatoms. The summed E-state index contributed by atoms with van der Waals surface area (Å²) in [7, 11) is 0. The maximum absolute atomic E-state index is 15.2. The largest absolute Gasteiger partial charge is 0.445 e. The van der Waals surface area contributed by atoms with E-state index in [0.717, 1.165) is 10.5 Å². The zero-order valence-electron chi connectivity index (χ0n) is 35.9. The molecule has 2 fully saturated rings. The van der Waals surface area contributed by atoms with Crippen molar-refractivity contribution in [1.82, 2.24) is 25.0 Å². The molecule has 324 valence electrons. The number of alkyl carbamates (subject to hydrolysis) is 1. The molecule has 0 aliphatic carbocycles. The Balaban J connectivity index is 1.59. The molecule has 3 aromatic rings. The van der Waals surface area contributed by atoms with Gasteiger partial charge in [0.1, 0.15) is 42.2 Å². The number of Topliss-reactive ketones (excluding diaryl/α,β-unsaturated/α-hetero) is 1. The van der Waals surface area contributed by atoms with Gasteiger partial charge in [-0.3, -0.25) is 33.4 Å². The Labute approximate surface area is 352 Å². The van der Waals surface area contributed by atoms with Crippen LogP contribution in [0.15, 0.2) is 60.8 Å². The van der Waals surface area contributed by atoms with E-state index in [4.69, 9.17) is 9.47 Å². The summed E-state index contributed by atoms with van der Waals surface area (Å²) >= 11 is 0. The second-order valence-electron chi connectivity index (χ2n) is 17.0. The number of benzene rings is 2. The predicted octanol–water partition coefficient (Wildman–Crippen LogP) is 6.84. The molecule has 60 heavy (non-hydrogen) atoms. The van der Waals surface area contributed by atoms with Gasteiger partial charge in [-0.25, -0.2) is 9.59 Å². The molecule has 14 nitrogen and oxygen atoms in total. The van der Waals surface area contributed by atoms with Crippen molar-refractivity contribution < 1.29 is 43.0 Å². The first kappa shape index (κ1) is 45.6. The van der Waals surface area contributed by atoms with Gasteiger partial charge in [0.05, 0.1) is 5.52 Å². The molecule has 5 amide bonds. The predicted molar refractivity (Wildman–Crippen MR) is 226 cm³/mol. The topological polar surface area (TPSA) is 173 Å². The van der Waals surface area contributed by atoms with Crippen molar-refractivity contribution >= 4 is 52.5 Å². The van der Waals surface area contributed by atoms with E-state index in [-0.39, 0.29) is 50.0 Å². The Kier molecular flexibility index (Phi) is 15.7. The number of rotatable bonds is 15. The third-order valence-corrected chi connectivity index (χ3v) is 11.4. The number of amides is 5. The number of imide groups is 1. The Morgan fingerprint density at radius 2 is 1.63 bits per heavy atom. The van der Waals surface area contributed by atoms with Crippen LogP contribution in [0, 0.1) is 5.92 Å². The van der Waals surface area contributed by atoms with E-state index < -0.39 is 59.7 Å². The average molecular weight is 828 g/mol. The minimum absolute atomic E-state index is 0.0712. The Morgan fingerprint density at radius 3 is 2.33 bits per heavy atom. The van der Waals surface area contributed by atoms with Crippen LogP contribution in [-0.2, 0) is 46.5 Å². The van der Waals surface area contributed by atoms with Crippen molar-refractivity contribution in [2.45, 2.75) is 149 Å². The van der Waals surface area contributed by atoms with E-state index in [2.05, 4.69) is 10.6 Å². The fourth-order valence-corrected chi connectivity index (χ4v) is 7.88. The van der Waals surface area contributed by atoms with Crippen molar-refractivity contribution in [2.24, 2.45) is 5.92 Å². The van der Waals surface area contributed by atoms with Crippen molar-refractivity contribution in [2.75, 3.05) is 6.54 Å². The standard InChI is InChI=1S/C46H61N5O9/c1-7-30(3)39-43(56)49-26-18-17-25-37(49)42(55)51(38(40(53)48-39)27-32-28-50(45(58)60-46(4,5)6)36-24-16-15-22-34(32)36)41(54)35(23-14-10-13-21-33(52)8-2)47-44(57)59-29-31-19-11-9-12-20-31/h9,11-12,15-16,19-20,22,24,28,30,35,37-39H,7-8,10,13-14,17-18,21,23,25-27,29H2,1-6H3,(H,47,57)(H,48,53)/t30-,35-,37+,38-,39-/m0/s1. The first-order valence-electron chi connectivity index (χ1n) is 21.4. The number of nitrogens with one attached hydrogen (secondary N) is 2. The van der Waals surface area contributed by atoms with Crippen LogP contribution >= 0.6 is 0 Å². The summed E-state index contributed by atoms with van der Waals surface area (Å²) in [5, 5.41) is 6.26. The van der Waals surface area contributed by atoms with E-state index in [9.17, 15) is 24.0 Å². The molecular weight excluding hydrogens is 767 g/mol. The first-order valence-corrected chi connectivity index (χ1v) is 21.4. The van der Waals surface area contributed by atoms with Crippen molar-refractivity contribution in [3.63, 3.8) is 0 Å². The van der Waals surface area contributed by atoms with Gasteiger partial charge in [0.25, 0.3) is 11.8 Å². The molecule has 0 radical (unpaired) electrons. The number of nitrogens with zero attached hydrogens (tertiary/aromatic N) is 3. The van der Waals surface area contributed by atoms with Crippen LogP contribution in [-0.4, -0.2) is 92.3 Å². The summed E-state index contributed by atoms with van der Waals surface area (Å²) < 4.78 is 12.6. The number of para-hydroxylation sites is 1. The molecule has 0 saturated carbocycles. The van der Waals surface area contributed by atoms with Gasteiger partial charge >= 0.3 is 12.2 Å². The third kappa shape index (κ3) is 11.4. The quantitative estimate of drug-likeness (QED) is 0.156. The maximum Gasteiger partial charge on any atom is 0.419 e. The molecule has 3 heterocycles. The van der Waals surface area contributed by atoms with E-state index in [1.807, 2.05) is 32.0 Å². The monoisotopic (exact) mass is 827 g/mol. The maximum atomic E-state index is 15.2. The molecular formula is C46H61N5O9. The summed E-state index contributed by atoms with van der Waals surface area (Å²) in [6.45, 7) is 11.1. The second kappa shape index (κ2) is 20.6. The molecule has 1 aromatic heterocycles. The fourth-order valence-electron chi connectivity index (χ4n) is 7.88. The van der Waals surface area contributed by atoms with Gasteiger partial charge < -0.3 is 25.0 Å². The zero-order chi connectivity index (χ0) is 43.6. The first-order chi connectivity index (χ1) is 28.6. The van der Waals surface area contributed by atoms with Gasteiger partial charge in [0, 0.05) is 37.4 Å². The van der Waals surface area contributed by atoms with Crippen molar-refractivity contribution in [1.29, 1.82) is 0 Å². The number of hydrogen-bond donors (Lipinski definition) is 2. The van der Waals surface area contributed by atoms with Crippen LogP contribution in [0.3, 0.4) is 0 Å². The lowest BCUT2D eigenvalue weighted by atomic mass is 9.94. The number of ether oxygens (including phenoxy) is 2. The minimum Gasteiger partial charge on any atom is -0.445 e. The zero-order valence-corrected chi connectivity index (χ0v) is 35.9. The summed E-state index contributed by atoms with van der Waals surface area (Å²) in [4.78, 5) is 101. The summed E-state index contributed by atoms with van der Waals surface area (Å²) in [6, 6.07) is 11.3. The Hall–Kier alpha value is -5.53. The molecule has 2 saturated heterocycles. The van der Waals surface area contributed by atoms with Crippen LogP contribution in [0.5, 0.6) is 0 Å². The third-order valence-electron chi connectivity index (χ3n) is 11.4. The number of piperidine rings is 1. The average Bonchev–Trinajstić information content (AvgIpc) is 3.61. The normalized spacial score (nSPS) is 19.6. The lowest BCUT2D eigenvalue weighted by Gasteiger charge is -2.39. The highest BCUT2D eigenvalue weighted by molar-refractivity contribution is 6.07. The van der Waals surface area contributed by atoms with Gasteiger partial charge in [-0.15, -0.1) is 0 Å². The van der Waals surface area contributed by atoms with Crippen LogP contribution < -0.4 is 10.6 Å². The highest BCUT2D eigenvalue weighted by Gasteiger charge is 2.48. The molecule has 0 bridgehead atoms. The van der Waals surface area contributed by atoms with Crippen molar-refractivity contribution in [3.8, 4) is 0 Å². The molecule has 2 N–H and O–H groups in total. The minimum atomic E-state index is -1.49. The van der Waals surface area contributed by atoms with E-state index >= 15 is 9.59 Å². The number of carbonyl (C=O) groups excluding carboxylic acids is 7. The van der Waals surface area contributed by atoms with Crippen LogP contribution in [0.2, 0.25) is 0 Å². The molecule has 0 spiro atoms. The van der Waals surface area contributed by atoms with Gasteiger partial charge in [0.15, 0.2) is 0 Å². The van der Waals surface area contributed by atoms with E-state index in [0.29, 0.717) is 67.8 Å². The number of ketones is 1. The van der Waals surface area contributed by atoms with E-state index in [1.54, 1.807) is 70.3 Å². The van der Waals surface area contributed by atoms with Crippen molar-refractivity contribution in [3.05, 3.63) is 71.9 Å². The second-order valence-corrected chi connectivity index (χ2v) is 17.0. The van der Waals surface area contributed by atoms with Gasteiger partial charge in [-0.05, 0) is 76.0 Å². The molecule has 2 aromatic carbocycles. The van der Waals surface area contributed by atoms with E-state index in [1.165, 1.54) is 9.47 Å². The summed E-state index contributed by atoms with van der Waals surface area (Å²) in [5.41, 5.74) is 0.907. The molecule has 5 rings (SSSR count).